The molecule has 1 amide bonds. The molecule has 0 radical (unpaired) electrons. The first-order chi connectivity index (χ1) is 13.7. The third-order valence-electron chi connectivity index (χ3n) is 4.81. The third-order valence-corrected chi connectivity index (χ3v) is 5.56. The van der Waals surface area contributed by atoms with Crippen LogP contribution in [0.15, 0.2) is 47.8 Å². The van der Waals surface area contributed by atoms with Crippen molar-refractivity contribution in [2.75, 3.05) is 19.0 Å². The second-order valence-corrected chi connectivity index (χ2v) is 7.60. The number of methoxy groups -OCH3 is 1. The number of aromatic nitrogens is 1. The number of nitrogens with one attached hydrogen (secondary N) is 1. The van der Waals surface area contributed by atoms with Gasteiger partial charge < -0.3 is 9.47 Å². The molecule has 0 fully saturated rings. The largest absolute Gasteiger partial charge is 0.497 e. The van der Waals surface area contributed by atoms with E-state index in [1.54, 1.807) is 19.2 Å². The summed E-state index contributed by atoms with van der Waals surface area (Å²) in [6, 6.07) is 13.7. The summed E-state index contributed by atoms with van der Waals surface area (Å²) >= 11 is 1.42. The van der Waals surface area contributed by atoms with Crippen molar-refractivity contribution in [2.45, 2.75) is 25.7 Å². The number of aryl methyl sites for hydroxylation is 2. The third kappa shape index (κ3) is 4.34. The van der Waals surface area contributed by atoms with E-state index in [-0.39, 0.29) is 12.5 Å². The number of rotatable bonds is 6. The van der Waals surface area contributed by atoms with E-state index in [4.69, 9.17) is 9.47 Å². The molecule has 5 nitrogen and oxygen atoms in total. The van der Waals surface area contributed by atoms with Gasteiger partial charge in [0.15, 0.2) is 11.7 Å². The van der Waals surface area contributed by atoms with Crippen LogP contribution in [0.4, 0.5) is 5.13 Å². The Morgan fingerprint density at radius 3 is 2.79 bits per heavy atom. The normalized spacial score (nSPS) is 12.9. The first-order valence-electron chi connectivity index (χ1n) is 9.36. The number of carbonyl (C=O) groups excluding carboxylic acids is 1. The smallest absolute Gasteiger partial charge is 0.264 e. The molecule has 1 aliphatic rings. The number of hydrogen-bond acceptors (Lipinski definition) is 5. The van der Waals surface area contributed by atoms with Crippen LogP contribution < -0.4 is 14.8 Å². The molecular weight excluding hydrogens is 372 g/mol. The number of anilines is 1. The first kappa shape index (κ1) is 18.5. The number of benzene rings is 2. The van der Waals surface area contributed by atoms with Crippen molar-refractivity contribution in [3.63, 3.8) is 0 Å². The molecule has 0 bridgehead atoms. The van der Waals surface area contributed by atoms with Gasteiger partial charge in [-0.25, -0.2) is 4.98 Å². The maximum absolute atomic E-state index is 12.2. The summed E-state index contributed by atoms with van der Waals surface area (Å²) in [5, 5.41) is 5.36. The Kier molecular flexibility index (Phi) is 5.58. The van der Waals surface area contributed by atoms with Crippen LogP contribution in [0.1, 0.15) is 24.0 Å². The zero-order valence-electron chi connectivity index (χ0n) is 15.7. The van der Waals surface area contributed by atoms with Crippen molar-refractivity contribution in [2.24, 2.45) is 0 Å². The number of nitrogens with zero attached hydrogens (tertiary/aromatic N) is 1. The molecule has 2 aromatic carbocycles. The monoisotopic (exact) mass is 394 g/mol. The van der Waals surface area contributed by atoms with Gasteiger partial charge in [0.05, 0.1) is 12.8 Å². The minimum absolute atomic E-state index is 0.0824. The lowest BCUT2D eigenvalue weighted by atomic mass is 9.90. The Morgan fingerprint density at radius 1 is 1.11 bits per heavy atom. The summed E-state index contributed by atoms with van der Waals surface area (Å²) in [5.74, 6) is 1.03. The number of carbonyl (C=O) groups is 1. The fourth-order valence-electron chi connectivity index (χ4n) is 3.35. The Morgan fingerprint density at radius 2 is 1.93 bits per heavy atom. The van der Waals surface area contributed by atoms with E-state index in [1.807, 2.05) is 17.5 Å². The number of thiazole rings is 1. The van der Waals surface area contributed by atoms with Crippen molar-refractivity contribution >= 4 is 22.4 Å². The summed E-state index contributed by atoms with van der Waals surface area (Å²) in [6.07, 6.45) is 4.83. The van der Waals surface area contributed by atoms with Gasteiger partial charge in [0.25, 0.3) is 5.91 Å². The summed E-state index contributed by atoms with van der Waals surface area (Å²) in [5.41, 5.74) is 4.87. The molecule has 0 saturated heterocycles. The van der Waals surface area contributed by atoms with E-state index in [1.165, 1.54) is 41.7 Å². The molecule has 1 aromatic heterocycles. The van der Waals surface area contributed by atoms with Crippen LogP contribution >= 0.6 is 11.3 Å². The number of hydrogen-bond donors (Lipinski definition) is 1. The molecule has 1 heterocycles. The van der Waals surface area contributed by atoms with E-state index in [0.717, 1.165) is 17.7 Å². The van der Waals surface area contributed by atoms with Gasteiger partial charge >= 0.3 is 0 Å². The average Bonchev–Trinajstić information content (AvgIpc) is 3.20. The van der Waals surface area contributed by atoms with Gasteiger partial charge in [0.2, 0.25) is 0 Å². The fourth-order valence-corrected chi connectivity index (χ4v) is 4.09. The molecule has 0 spiro atoms. The first-order valence-corrected chi connectivity index (χ1v) is 10.2. The van der Waals surface area contributed by atoms with Gasteiger partial charge in [-0.05, 0) is 55.0 Å². The van der Waals surface area contributed by atoms with Gasteiger partial charge in [-0.1, -0.05) is 18.2 Å². The topological polar surface area (TPSA) is 60.5 Å². The predicted octanol–water partition coefficient (Wildman–Crippen LogP) is 4.72. The molecule has 1 N–H and O–H groups in total. The summed E-state index contributed by atoms with van der Waals surface area (Å²) < 4.78 is 10.7. The highest BCUT2D eigenvalue weighted by molar-refractivity contribution is 7.14. The van der Waals surface area contributed by atoms with Crippen LogP contribution in [0.25, 0.3) is 11.3 Å². The minimum atomic E-state index is -0.242. The van der Waals surface area contributed by atoms with Crippen LogP contribution in [0.2, 0.25) is 0 Å². The van der Waals surface area contributed by atoms with Crippen LogP contribution in [0, 0.1) is 0 Å². The quantitative estimate of drug-likeness (QED) is 0.657. The highest BCUT2D eigenvalue weighted by atomic mass is 32.1. The van der Waals surface area contributed by atoms with E-state index in [2.05, 4.69) is 28.5 Å². The van der Waals surface area contributed by atoms with Crippen LogP contribution in [0.3, 0.4) is 0 Å². The Balaban J connectivity index is 1.37. The van der Waals surface area contributed by atoms with E-state index < -0.39 is 0 Å². The minimum Gasteiger partial charge on any atom is -0.497 e. The Labute approximate surface area is 168 Å². The number of fused-ring (bicyclic) bond motifs is 1. The highest BCUT2D eigenvalue weighted by Crippen LogP contribution is 2.29. The summed E-state index contributed by atoms with van der Waals surface area (Å²) in [4.78, 5) is 16.7. The van der Waals surface area contributed by atoms with Gasteiger partial charge in [-0.2, -0.15) is 0 Å². The van der Waals surface area contributed by atoms with Crippen LogP contribution in [-0.2, 0) is 17.6 Å². The van der Waals surface area contributed by atoms with Crippen molar-refractivity contribution < 1.29 is 14.3 Å². The fraction of sp³-hybridized carbons (Fsp3) is 0.273. The lowest BCUT2D eigenvalue weighted by Crippen LogP contribution is -2.20. The van der Waals surface area contributed by atoms with Gasteiger partial charge in [0.1, 0.15) is 11.5 Å². The lowest BCUT2D eigenvalue weighted by Gasteiger charge is -2.16. The maximum Gasteiger partial charge on any atom is 0.264 e. The zero-order valence-corrected chi connectivity index (χ0v) is 16.6. The molecule has 144 valence electrons. The van der Waals surface area contributed by atoms with Crippen LogP contribution in [-0.4, -0.2) is 24.6 Å². The Bertz CT molecular complexity index is 983. The molecule has 3 aromatic rings. The van der Waals surface area contributed by atoms with Crippen molar-refractivity contribution in [3.8, 4) is 22.8 Å². The number of ether oxygens (including phenoxy) is 2. The van der Waals surface area contributed by atoms with Crippen molar-refractivity contribution in [3.05, 3.63) is 59.0 Å². The van der Waals surface area contributed by atoms with Crippen molar-refractivity contribution in [1.29, 1.82) is 0 Å². The molecule has 1 aliphatic carbocycles. The predicted molar refractivity (Wildman–Crippen MR) is 111 cm³/mol. The maximum atomic E-state index is 12.2. The average molecular weight is 394 g/mol. The second-order valence-electron chi connectivity index (χ2n) is 6.74. The second kappa shape index (κ2) is 8.44. The molecule has 28 heavy (non-hydrogen) atoms. The van der Waals surface area contributed by atoms with E-state index >= 15 is 0 Å². The summed E-state index contributed by atoms with van der Waals surface area (Å²) in [7, 11) is 1.59. The highest BCUT2D eigenvalue weighted by Gasteiger charge is 2.13. The van der Waals surface area contributed by atoms with E-state index in [9.17, 15) is 4.79 Å². The molecule has 0 unspecified atom stereocenters. The molecule has 0 saturated carbocycles. The van der Waals surface area contributed by atoms with Crippen molar-refractivity contribution in [1.82, 2.24) is 4.98 Å². The Hall–Kier alpha value is -2.86. The summed E-state index contributed by atoms with van der Waals surface area (Å²) in [6.45, 7) is -0.0824. The van der Waals surface area contributed by atoms with Gasteiger partial charge in [-0.3, -0.25) is 10.1 Å². The lowest BCUT2D eigenvalue weighted by molar-refractivity contribution is -0.118. The molecule has 0 aliphatic heterocycles. The standard InChI is InChI=1S/C22H22N2O3S/c1-26-18-7-4-8-19(12-18)27-13-21(25)24-22-23-20(14-28-22)17-10-9-15-5-2-3-6-16(15)11-17/h4,7-12,14H,2-3,5-6,13H2,1H3,(H,23,24,25). The molecule has 4 rings (SSSR count). The van der Waals surface area contributed by atoms with E-state index in [0.29, 0.717) is 16.6 Å². The molecule has 0 atom stereocenters. The van der Waals surface area contributed by atoms with Gasteiger partial charge in [0, 0.05) is 17.0 Å². The molecule has 6 heteroatoms. The van der Waals surface area contributed by atoms with Crippen LogP contribution in [0.5, 0.6) is 11.5 Å². The molecular formula is C22H22N2O3S. The number of amides is 1. The zero-order chi connectivity index (χ0) is 19.3. The van der Waals surface area contributed by atoms with Gasteiger partial charge in [-0.15, -0.1) is 11.3 Å². The SMILES string of the molecule is COc1cccc(OCC(=O)Nc2nc(-c3ccc4c(c3)CCCC4)cs2)c1.